The fraction of sp³-hybridized carbons (Fsp3) is 0.261. The van der Waals surface area contributed by atoms with E-state index in [9.17, 15) is 9.18 Å². The summed E-state index contributed by atoms with van der Waals surface area (Å²) in [6.45, 7) is 2.43. The van der Waals surface area contributed by atoms with Gasteiger partial charge < -0.3 is 28.2 Å². The van der Waals surface area contributed by atoms with Crippen LogP contribution in [-0.4, -0.2) is 47.8 Å². The summed E-state index contributed by atoms with van der Waals surface area (Å²) in [5.74, 6) is 1.14. The predicted molar refractivity (Wildman–Crippen MR) is 117 cm³/mol. The fourth-order valence-corrected chi connectivity index (χ4v) is 4.18. The van der Waals surface area contributed by atoms with Gasteiger partial charge in [0.25, 0.3) is 5.89 Å². The van der Waals surface area contributed by atoms with Gasteiger partial charge in [0.1, 0.15) is 11.4 Å². The van der Waals surface area contributed by atoms with Gasteiger partial charge in [-0.3, -0.25) is 4.79 Å². The molecule has 0 aliphatic carbocycles. The molecule has 33 heavy (non-hydrogen) atoms. The van der Waals surface area contributed by atoms with Gasteiger partial charge in [0.2, 0.25) is 18.0 Å². The molecule has 6 rings (SSSR count). The van der Waals surface area contributed by atoms with Crippen LogP contribution in [0, 0.1) is 5.82 Å². The molecule has 0 amide bonds. The molecule has 2 aliphatic heterocycles. The monoisotopic (exact) mass is 450 g/mol. The Kier molecular flexibility index (Phi) is 4.54. The van der Waals surface area contributed by atoms with Crippen molar-refractivity contribution >= 4 is 16.6 Å². The molecule has 1 fully saturated rings. The average molecular weight is 450 g/mol. The first-order valence-electron chi connectivity index (χ1n) is 10.5. The van der Waals surface area contributed by atoms with Crippen molar-refractivity contribution in [2.45, 2.75) is 0 Å². The lowest BCUT2D eigenvalue weighted by Gasteiger charge is -2.29. The van der Waals surface area contributed by atoms with Crippen molar-refractivity contribution < 1.29 is 23.1 Å². The van der Waals surface area contributed by atoms with Crippen molar-refractivity contribution in [3.05, 3.63) is 52.6 Å². The highest BCUT2D eigenvalue weighted by atomic mass is 19.1. The van der Waals surface area contributed by atoms with E-state index in [1.54, 1.807) is 42.1 Å². The number of ether oxygens (including phenoxy) is 3. The lowest BCUT2D eigenvalue weighted by Crippen LogP contribution is -2.36. The van der Waals surface area contributed by atoms with Crippen molar-refractivity contribution in [1.82, 2.24) is 14.7 Å². The molecule has 2 aromatic carbocycles. The summed E-state index contributed by atoms with van der Waals surface area (Å²) >= 11 is 0. The van der Waals surface area contributed by atoms with Crippen LogP contribution in [-0.2, 0) is 11.8 Å². The van der Waals surface area contributed by atoms with Crippen LogP contribution in [0.5, 0.6) is 11.5 Å². The van der Waals surface area contributed by atoms with Gasteiger partial charge in [0, 0.05) is 37.3 Å². The molecule has 1 saturated heterocycles. The molecular weight excluding hydrogens is 431 g/mol. The highest BCUT2D eigenvalue weighted by Gasteiger charge is 2.22. The number of nitrogens with zero attached hydrogens (tertiary/aromatic N) is 4. The van der Waals surface area contributed by atoms with Gasteiger partial charge in [-0.2, -0.15) is 4.98 Å². The number of hydrogen-bond donors (Lipinski definition) is 0. The molecule has 4 aromatic rings. The molecule has 0 spiro atoms. The molecule has 4 heterocycles. The number of aryl methyl sites for hydroxylation is 1. The van der Waals surface area contributed by atoms with E-state index < -0.39 is 5.82 Å². The van der Waals surface area contributed by atoms with Crippen LogP contribution in [0.4, 0.5) is 10.1 Å². The number of rotatable bonds is 3. The summed E-state index contributed by atoms with van der Waals surface area (Å²) in [7, 11) is 1.79. The minimum Gasteiger partial charge on any atom is -0.454 e. The van der Waals surface area contributed by atoms with Crippen molar-refractivity contribution in [3.63, 3.8) is 0 Å². The van der Waals surface area contributed by atoms with Gasteiger partial charge in [-0.25, -0.2) is 4.39 Å². The van der Waals surface area contributed by atoms with E-state index >= 15 is 0 Å². The van der Waals surface area contributed by atoms with E-state index in [-0.39, 0.29) is 29.1 Å². The number of anilines is 1. The second-order valence-electron chi connectivity index (χ2n) is 7.89. The number of aromatic nitrogens is 3. The topological polar surface area (TPSA) is 91.8 Å². The summed E-state index contributed by atoms with van der Waals surface area (Å²) in [5.41, 5.74) is 1.55. The summed E-state index contributed by atoms with van der Waals surface area (Å²) in [6, 6.07) is 8.27. The molecule has 2 aromatic heterocycles. The van der Waals surface area contributed by atoms with Crippen molar-refractivity contribution in [2.75, 3.05) is 38.0 Å². The highest BCUT2D eigenvalue weighted by Crippen LogP contribution is 2.35. The molecule has 2 aliphatic rings. The van der Waals surface area contributed by atoms with Crippen LogP contribution in [0.2, 0.25) is 0 Å². The molecule has 9 nitrogen and oxygen atoms in total. The van der Waals surface area contributed by atoms with E-state index in [0.717, 1.165) is 0 Å². The molecule has 0 radical (unpaired) electrons. The van der Waals surface area contributed by atoms with E-state index in [2.05, 4.69) is 10.1 Å². The van der Waals surface area contributed by atoms with E-state index in [1.165, 1.54) is 6.07 Å². The normalized spacial score (nSPS) is 15.4. The zero-order valence-electron chi connectivity index (χ0n) is 17.7. The lowest BCUT2D eigenvalue weighted by molar-refractivity contribution is 0.122. The average Bonchev–Trinajstić information content (AvgIpc) is 3.51. The van der Waals surface area contributed by atoms with Crippen molar-refractivity contribution in [1.29, 1.82) is 0 Å². The van der Waals surface area contributed by atoms with Gasteiger partial charge in [-0.15, -0.1) is 0 Å². The third kappa shape index (κ3) is 3.30. The summed E-state index contributed by atoms with van der Waals surface area (Å²) in [6.07, 6.45) is 1.63. The first kappa shape index (κ1) is 19.7. The first-order valence-corrected chi connectivity index (χ1v) is 10.5. The minimum atomic E-state index is -0.453. The quantitative estimate of drug-likeness (QED) is 0.471. The SMILES string of the molecule is Cn1cc(-c2nc(-c3ccc4c(c3)OCO4)no2)c(=O)c2cc(F)c(N3CCOCC3)cc21. The number of morpholine rings is 1. The smallest absolute Gasteiger partial charge is 0.263 e. The third-order valence-electron chi connectivity index (χ3n) is 5.90. The Morgan fingerprint density at radius 3 is 2.73 bits per heavy atom. The van der Waals surface area contributed by atoms with E-state index in [0.29, 0.717) is 60.4 Å². The molecule has 0 atom stereocenters. The Bertz CT molecular complexity index is 1440. The first-order chi connectivity index (χ1) is 16.1. The van der Waals surface area contributed by atoms with Crippen LogP contribution < -0.4 is 19.8 Å². The van der Waals surface area contributed by atoms with Gasteiger partial charge in [0.15, 0.2) is 11.5 Å². The predicted octanol–water partition coefficient (Wildman–Crippen LogP) is 2.96. The zero-order valence-corrected chi connectivity index (χ0v) is 17.7. The van der Waals surface area contributed by atoms with Crippen molar-refractivity contribution in [3.8, 4) is 34.3 Å². The Hall–Kier alpha value is -3.92. The molecule has 0 saturated carbocycles. The van der Waals surface area contributed by atoms with Crippen molar-refractivity contribution in [2.24, 2.45) is 7.05 Å². The van der Waals surface area contributed by atoms with Gasteiger partial charge >= 0.3 is 0 Å². The van der Waals surface area contributed by atoms with Gasteiger partial charge in [-0.05, 0) is 30.3 Å². The van der Waals surface area contributed by atoms with Crippen LogP contribution >= 0.6 is 0 Å². The van der Waals surface area contributed by atoms with Gasteiger partial charge in [0.05, 0.1) is 24.4 Å². The number of benzene rings is 2. The van der Waals surface area contributed by atoms with Crippen LogP contribution in [0.3, 0.4) is 0 Å². The summed E-state index contributed by atoms with van der Waals surface area (Å²) in [5, 5.41) is 4.25. The minimum absolute atomic E-state index is 0.0582. The van der Waals surface area contributed by atoms with Crippen LogP contribution in [0.25, 0.3) is 33.7 Å². The zero-order chi connectivity index (χ0) is 22.5. The van der Waals surface area contributed by atoms with Crippen LogP contribution in [0.15, 0.2) is 45.8 Å². The molecule has 0 bridgehead atoms. The summed E-state index contributed by atoms with van der Waals surface area (Å²) in [4.78, 5) is 19.6. The summed E-state index contributed by atoms with van der Waals surface area (Å²) < 4.78 is 38.2. The fourth-order valence-electron chi connectivity index (χ4n) is 4.18. The molecular formula is C23H19FN4O5. The van der Waals surface area contributed by atoms with Gasteiger partial charge in [-0.1, -0.05) is 5.16 Å². The maximum Gasteiger partial charge on any atom is 0.263 e. The maximum absolute atomic E-state index is 15.0. The van der Waals surface area contributed by atoms with E-state index in [4.69, 9.17) is 18.7 Å². The molecule has 10 heteroatoms. The lowest BCUT2D eigenvalue weighted by atomic mass is 10.1. The third-order valence-corrected chi connectivity index (χ3v) is 5.90. The Labute approximate surface area is 186 Å². The number of fused-ring (bicyclic) bond motifs is 2. The second kappa shape index (κ2) is 7.59. The Morgan fingerprint density at radius 1 is 1.06 bits per heavy atom. The second-order valence-corrected chi connectivity index (χ2v) is 7.89. The Balaban J connectivity index is 1.41. The number of pyridine rings is 1. The molecule has 0 N–H and O–H groups in total. The molecule has 168 valence electrons. The molecule has 0 unspecified atom stereocenters. The highest BCUT2D eigenvalue weighted by molar-refractivity contribution is 5.86. The number of hydrogen-bond acceptors (Lipinski definition) is 8. The largest absolute Gasteiger partial charge is 0.454 e. The van der Waals surface area contributed by atoms with Crippen LogP contribution in [0.1, 0.15) is 0 Å². The van der Waals surface area contributed by atoms with E-state index in [1.807, 2.05) is 4.90 Å². The Morgan fingerprint density at radius 2 is 1.88 bits per heavy atom. The maximum atomic E-state index is 15.0. The number of halogens is 1. The standard InChI is InChI=1S/C23H19FN4O5/c1-27-11-15(23-25-22(26-33-23)13-2-3-19-20(8-13)32-12-31-19)21(29)14-9-16(24)18(10-17(14)27)28-4-6-30-7-5-28/h2-3,8-11H,4-7,12H2,1H3.